The molecule has 1 amide bonds. The first-order valence-electron chi connectivity index (χ1n) is 11.3. The van der Waals surface area contributed by atoms with Crippen molar-refractivity contribution in [2.45, 2.75) is 58.3 Å². The van der Waals surface area contributed by atoms with Gasteiger partial charge in [-0.1, -0.05) is 32.4 Å². The van der Waals surface area contributed by atoms with Crippen LogP contribution in [0.5, 0.6) is 0 Å². The van der Waals surface area contributed by atoms with Gasteiger partial charge in [0.25, 0.3) is 11.5 Å². The average Bonchev–Trinajstić information content (AvgIpc) is 3.07. The molecular formula is C26H29FN2O2S. The molecule has 4 nitrogen and oxygen atoms in total. The minimum absolute atomic E-state index is 0.0644. The lowest BCUT2D eigenvalue weighted by atomic mass is 9.96. The van der Waals surface area contributed by atoms with E-state index in [0.29, 0.717) is 21.6 Å². The Morgan fingerprint density at radius 1 is 1.22 bits per heavy atom. The number of carbonyl (C=O) groups excluding carboxylic acids is 1. The summed E-state index contributed by atoms with van der Waals surface area (Å²) in [6, 6.07) is 8.72. The third-order valence-corrected chi connectivity index (χ3v) is 7.62. The quantitative estimate of drug-likeness (QED) is 0.463. The van der Waals surface area contributed by atoms with Crippen LogP contribution in [0.25, 0.3) is 11.1 Å². The van der Waals surface area contributed by atoms with Gasteiger partial charge in [-0.3, -0.25) is 9.59 Å². The molecule has 0 bridgehead atoms. The van der Waals surface area contributed by atoms with Gasteiger partial charge in [0, 0.05) is 34.8 Å². The number of thiophene rings is 1. The monoisotopic (exact) mass is 452 g/mol. The van der Waals surface area contributed by atoms with Crippen molar-refractivity contribution >= 4 is 22.9 Å². The Kier molecular flexibility index (Phi) is 6.60. The fourth-order valence-corrected chi connectivity index (χ4v) is 5.42. The van der Waals surface area contributed by atoms with Gasteiger partial charge in [0.2, 0.25) is 0 Å². The highest BCUT2D eigenvalue weighted by Crippen LogP contribution is 2.32. The first kappa shape index (κ1) is 22.5. The maximum Gasteiger partial charge on any atom is 0.265 e. The van der Waals surface area contributed by atoms with Gasteiger partial charge in [-0.25, -0.2) is 4.39 Å². The Morgan fingerprint density at radius 3 is 2.78 bits per heavy atom. The van der Waals surface area contributed by atoms with Gasteiger partial charge in [0.05, 0.1) is 10.6 Å². The zero-order chi connectivity index (χ0) is 22.8. The van der Waals surface area contributed by atoms with E-state index in [0.717, 1.165) is 32.1 Å². The van der Waals surface area contributed by atoms with E-state index in [1.165, 1.54) is 32.8 Å². The molecule has 1 unspecified atom stereocenters. The number of carbonyl (C=O) groups is 1. The van der Waals surface area contributed by atoms with E-state index in [2.05, 4.69) is 5.32 Å². The number of aryl methyl sites for hydroxylation is 3. The summed E-state index contributed by atoms with van der Waals surface area (Å²) in [5, 5.41) is 2.76. The molecule has 0 radical (unpaired) electrons. The Hall–Kier alpha value is -2.73. The number of amides is 1. The summed E-state index contributed by atoms with van der Waals surface area (Å²) in [6.45, 7) is 4.02. The van der Waals surface area contributed by atoms with Gasteiger partial charge in [-0.2, -0.15) is 0 Å². The molecule has 1 aliphatic rings. The summed E-state index contributed by atoms with van der Waals surface area (Å²) >= 11 is 1.52. The minimum atomic E-state index is -0.493. The summed E-state index contributed by atoms with van der Waals surface area (Å²) in [5.74, 6) is -0.693. The lowest BCUT2D eigenvalue weighted by Gasteiger charge is -2.14. The number of rotatable bonds is 5. The molecule has 32 heavy (non-hydrogen) atoms. The molecule has 0 fully saturated rings. The summed E-state index contributed by atoms with van der Waals surface area (Å²) in [7, 11) is 1.68. The summed E-state index contributed by atoms with van der Waals surface area (Å²) in [6.07, 6.45) is 8.03. The number of halogens is 1. The van der Waals surface area contributed by atoms with Crippen LogP contribution in [0.2, 0.25) is 0 Å². The maximum atomic E-state index is 15.5. The molecule has 6 heteroatoms. The zero-order valence-electron chi connectivity index (χ0n) is 18.8. The highest BCUT2D eigenvalue weighted by molar-refractivity contribution is 7.14. The molecule has 3 aromatic rings. The van der Waals surface area contributed by atoms with Crippen molar-refractivity contribution in [2.75, 3.05) is 5.32 Å². The second-order valence-electron chi connectivity index (χ2n) is 8.65. The number of nitrogens with one attached hydrogen (secondary N) is 1. The highest BCUT2D eigenvalue weighted by atomic mass is 32.1. The van der Waals surface area contributed by atoms with Gasteiger partial charge >= 0.3 is 0 Å². The second kappa shape index (κ2) is 9.41. The number of benzene rings is 1. The number of fused-ring (bicyclic) bond motifs is 1. The number of nitrogens with zero attached hydrogens (tertiary/aromatic N) is 1. The third-order valence-electron chi connectivity index (χ3n) is 6.38. The van der Waals surface area contributed by atoms with E-state index in [1.54, 1.807) is 37.5 Å². The lowest BCUT2D eigenvalue weighted by Crippen LogP contribution is -2.22. The van der Waals surface area contributed by atoms with Crippen LogP contribution < -0.4 is 10.9 Å². The Balaban J connectivity index is 1.64. The molecular weight excluding hydrogens is 423 g/mol. The predicted octanol–water partition coefficient (Wildman–Crippen LogP) is 6.29. The van der Waals surface area contributed by atoms with Crippen LogP contribution >= 0.6 is 11.3 Å². The van der Waals surface area contributed by atoms with Crippen LogP contribution in [0.1, 0.15) is 71.1 Å². The zero-order valence-corrected chi connectivity index (χ0v) is 19.7. The van der Waals surface area contributed by atoms with Crippen molar-refractivity contribution < 1.29 is 9.18 Å². The standard InChI is InChI=1S/C26H29FN2O2S/c1-4-16(2)20-13-18(15-29(3)26(20)31)19-10-8-11-21(24(19)27)28-25(30)23-14-17-9-6-5-7-12-22(17)32-23/h8,10-11,13-16H,4-7,9,12H2,1-3H3,(H,28,30). The van der Waals surface area contributed by atoms with Crippen molar-refractivity contribution in [3.63, 3.8) is 0 Å². The number of pyridine rings is 1. The van der Waals surface area contributed by atoms with E-state index in [9.17, 15) is 9.59 Å². The number of hydrogen-bond donors (Lipinski definition) is 1. The average molecular weight is 453 g/mol. The fraction of sp³-hybridized carbons (Fsp3) is 0.385. The topological polar surface area (TPSA) is 51.1 Å². The van der Waals surface area contributed by atoms with Crippen LogP contribution in [0.4, 0.5) is 10.1 Å². The van der Waals surface area contributed by atoms with E-state index in [4.69, 9.17) is 0 Å². The van der Waals surface area contributed by atoms with Crippen LogP contribution in [0.15, 0.2) is 41.3 Å². The second-order valence-corrected chi connectivity index (χ2v) is 9.79. The van der Waals surface area contributed by atoms with Gasteiger partial charge in [-0.05, 0) is 61.8 Å². The largest absolute Gasteiger partial charge is 0.319 e. The molecule has 168 valence electrons. The molecule has 0 aliphatic heterocycles. The molecule has 0 saturated carbocycles. The molecule has 1 N–H and O–H groups in total. The molecule has 1 aliphatic carbocycles. The number of anilines is 1. The fourth-order valence-electron chi connectivity index (χ4n) is 4.27. The molecule has 4 rings (SSSR count). The van der Waals surface area contributed by atoms with Crippen LogP contribution in [-0.4, -0.2) is 10.5 Å². The van der Waals surface area contributed by atoms with Crippen LogP contribution in [0, 0.1) is 5.82 Å². The Morgan fingerprint density at radius 2 is 2.00 bits per heavy atom. The van der Waals surface area contributed by atoms with Crippen molar-refractivity contribution in [1.29, 1.82) is 0 Å². The Labute approximate surface area is 192 Å². The van der Waals surface area contributed by atoms with E-state index < -0.39 is 5.82 Å². The number of aromatic nitrogens is 1. The van der Waals surface area contributed by atoms with Crippen molar-refractivity contribution in [3.05, 3.63) is 73.6 Å². The van der Waals surface area contributed by atoms with E-state index >= 15 is 4.39 Å². The minimum Gasteiger partial charge on any atom is -0.319 e. The predicted molar refractivity (Wildman–Crippen MR) is 129 cm³/mol. The van der Waals surface area contributed by atoms with Gasteiger partial charge < -0.3 is 9.88 Å². The molecule has 2 aromatic heterocycles. The van der Waals surface area contributed by atoms with E-state index in [-0.39, 0.29) is 23.1 Å². The maximum absolute atomic E-state index is 15.5. The van der Waals surface area contributed by atoms with Crippen molar-refractivity contribution in [3.8, 4) is 11.1 Å². The highest BCUT2D eigenvalue weighted by Gasteiger charge is 2.19. The van der Waals surface area contributed by atoms with Crippen molar-refractivity contribution in [2.24, 2.45) is 7.05 Å². The third kappa shape index (κ3) is 4.42. The molecule has 1 aromatic carbocycles. The number of hydrogen-bond acceptors (Lipinski definition) is 3. The normalized spacial score (nSPS) is 14.5. The molecule has 1 atom stereocenters. The van der Waals surface area contributed by atoms with E-state index in [1.807, 2.05) is 19.9 Å². The molecule has 0 spiro atoms. The van der Waals surface area contributed by atoms with Crippen LogP contribution in [0.3, 0.4) is 0 Å². The first-order valence-corrected chi connectivity index (χ1v) is 12.1. The van der Waals surface area contributed by atoms with Gasteiger partial charge in [-0.15, -0.1) is 11.3 Å². The summed E-state index contributed by atoms with van der Waals surface area (Å²) in [4.78, 5) is 27.3. The smallest absolute Gasteiger partial charge is 0.265 e. The van der Waals surface area contributed by atoms with Gasteiger partial charge in [0.15, 0.2) is 5.82 Å². The SMILES string of the molecule is CCC(C)c1cc(-c2cccc(NC(=O)c3cc4c(s3)CCCCC4)c2F)cn(C)c1=O. The lowest BCUT2D eigenvalue weighted by molar-refractivity contribution is 0.103. The molecule has 0 saturated heterocycles. The molecule has 2 heterocycles. The summed E-state index contributed by atoms with van der Waals surface area (Å²) < 4.78 is 17.0. The Bertz CT molecular complexity index is 1190. The van der Waals surface area contributed by atoms with Crippen LogP contribution in [-0.2, 0) is 19.9 Å². The summed E-state index contributed by atoms with van der Waals surface area (Å²) in [5.41, 5.74) is 3.00. The first-order chi connectivity index (χ1) is 15.4. The van der Waals surface area contributed by atoms with Gasteiger partial charge in [0.1, 0.15) is 0 Å². The van der Waals surface area contributed by atoms with Crippen molar-refractivity contribution in [1.82, 2.24) is 4.57 Å².